The molecule has 0 fully saturated rings. The van der Waals surface area contributed by atoms with Crippen LogP contribution in [0.1, 0.15) is 11.7 Å². The van der Waals surface area contributed by atoms with E-state index in [2.05, 4.69) is 5.10 Å². The molecule has 0 saturated heterocycles. The van der Waals surface area contributed by atoms with Gasteiger partial charge in [0.05, 0.1) is 6.54 Å². The lowest BCUT2D eigenvalue weighted by Crippen LogP contribution is -2.20. The Morgan fingerprint density at radius 3 is 2.55 bits per heavy atom. The molecule has 1 unspecified atom stereocenters. The van der Waals surface area contributed by atoms with Gasteiger partial charge < -0.3 is 9.52 Å². The van der Waals surface area contributed by atoms with Crippen LogP contribution in [0.2, 0.25) is 0 Å². The second-order valence-corrected chi connectivity index (χ2v) is 4.76. The highest BCUT2D eigenvalue weighted by Crippen LogP contribution is 2.19. The molecule has 1 aromatic heterocycles. The molecule has 112 valence electrons. The van der Waals surface area contributed by atoms with Crippen molar-refractivity contribution in [3.05, 3.63) is 76.5 Å². The lowest BCUT2D eigenvalue weighted by molar-refractivity contribution is 0.144. The Bertz CT molecular complexity index is 827. The Labute approximate surface area is 125 Å². The first-order chi connectivity index (χ1) is 10.6. The Morgan fingerprint density at radius 2 is 1.82 bits per heavy atom. The average Bonchev–Trinajstić information content (AvgIpc) is 2.89. The number of halogens is 1. The highest BCUT2D eigenvalue weighted by atomic mass is 19.1. The van der Waals surface area contributed by atoms with Crippen LogP contribution in [0, 0.1) is 5.82 Å². The van der Waals surface area contributed by atoms with Crippen molar-refractivity contribution in [2.45, 2.75) is 12.6 Å². The summed E-state index contributed by atoms with van der Waals surface area (Å²) in [4.78, 5) is 11.8. The number of benzene rings is 2. The molecular formula is C16H13FN2O3. The van der Waals surface area contributed by atoms with Crippen LogP contribution in [0.15, 0.2) is 63.8 Å². The number of hydrogen-bond donors (Lipinski definition) is 1. The summed E-state index contributed by atoms with van der Waals surface area (Å²) in [5, 5.41) is 14.1. The second kappa shape index (κ2) is 5.95. The van der Waals surface area contributed by atoms with Crippen molar-refractivity contribution in [3.8, 4) is 11.5 Å². The van der Waals surface area contributed by atoms with Crippen molar-refractivity contribution >= 4 is 0 Å². The van der Waals surface area contributed by atoms with Gasteiger partial charge in [0.15, 0.2) is 0 Å². The Balaban J connectivity index is 1.86. The maximum atomic E-state index is 13.6. The summed E-state index contributed by atoms with van der Waals surface area (Å²) in [6.07, 6.45) is -1.19. The van der Waals surface area contributed by atoms with Crippen molar-refractivity contribution in [3.63, 3.8) is 0 Å². The number of hydrogen-bond acceptors (Lipinski definition) is 4. The monoisotopic (exact) mass is 300 g/mol. The molecule has 6 heteroatoms. The van der Waals surface area contributed by atoms with Crippen LogP contribution in [0.4, 0.5) is 4.39 Å². The van der Waals surface area contributed by atoms with Gasteiger partial charge >= 0.3 is 5.76 Å². The van der Waals surface area contributed by atoms with Gasteiger partial charge in [0.25, 0.3) is 0 Å². The minimum Gasteiger partial charge on any atom is -0.388 e. The topological polar surface area (TPSA) is 68.3 Å². The molecule has 1 heterocycles. The number of aliphatic hydroxyl groups is 1. The molecule has 0 radical (unpaired) electrons. The van der Waals surface area contributed by atoms with Crippen LogP contribution in [-0.4, -0.2) is 14.9 Å². The maximum absolute atomic E-state index is 13.6. The quantitative estimate of drug-likeness (QED) is 0.803. The van der Waals surface area contributed by atoms with Crippen LogP contribution in [0.25, 0.3) is 11.5 Å². The lowest BCUT2D eigenvalue weighted by atomic mass is 10.1. The molecular weight excluding hydrogens is 287 g/mol. The third-order valence-electron chi connectivity index (χ3n) is 3.24. The van der Waals surface area contributed by atoms with E-state index < -0.39 is 17.7 Å². The maximum Gasteiger partial charge on any atom is 0.437 e. The van der Waals surface area contributed by atoms with E-state index in [9.17, 15) is 14.3 Å². The summed E-state index contributed by atoms with van der Waals surface area (Å²) in [7, 11) is 0. The standard InChI is InChI=1S/C16H13FN2O3/c17-13-9-5-4-8-12(13)14(20)10-19-16(21)22-15(18-19)11-6-2-1-3-7-11/h1-9,14,20H,10H2. The van der Waals surface area contributed by atoms with Crippen molar-refractivity contribution in [1.82, 2.24) is 9.78 Å². The summed E-state index contributed by atoms with van der Waals surface area (Å²) in [6, 6.07) is 14.8. The summed E-state index contributed by atoms with van der Waals surface area (Å²) in [5.74, 6) is -1.07. The zero-order chi connectivity index (χ0) is 15.5. The van der Waals surface area contributed by atoms with E-state index in [-0.39, 0.29) is 18.0 Å². The van der Waals surface area contributed by atoms with Gasteiger partial charge in [-0.25, -0.2) is 9.18 Å². The van der Waals surface area contributed by atoms with Gasteiger partial charge in [0.2, 0.25) is 5.89 Å². The van der Waals surface area contributed by atoms with Gasteiger partial charge in [0.1, 0.15) is 11.9 Å². The second-order valence-electron chi connectivity index (χ2n) is 4.76. The molecule has 0 bridgehead atoms. The Kier molecular flexibility index (Phi) is 3.84. The molecule has 3 aromatic rings. The molecule has 0 spiro atoms. The predicted octanol–water partition coefficient (Wildman–Crippen LogP) is 2.38. The van der Waals surface area contributed by atoms with Crippen LogP contribution in [0.5, 0.6) is 0 Å². The van der Waals surface area contributed by atoms with Gasteiger partial charge in [0, 0.05) is 11.1 Å². The smallest absolute Gasteiger partial charge is 0.388 e. The van der Waals surface area contributed by atoms with E-state index >= 15 is 0 Å². The summed E-state index contributed by atoms with van der Waals surface area (Å²) in [5.41, 5.74) is 0.761. The number of nitrogens with zero attached hydrogens (tertiary/aromatic N) is 2. The van der Waals surface area contributed by atoms with E-state index in [0.29, 0.717) is 5.56 Å². The highest BCUT2D eigenvalue weighted by Gasteiger charge is 2.17. The minimum atomic E-state index is -1.19. The van der Waals surface area contributed by atoms with E-state index in [0.717, 1.165) is 4.68 Å². The van der Waals surface area contributed by atoms with E-state index in [1.165, 1.54) is 18.2 Å². The number of aromatic nitrogens is 2. The molecule has 0 saturated carbocycles. The van der Waals surface area contributed by atoms with Crippen molar-refractivity contribution < 1.29 is 13.9 Å². The van der Waals surface area contributed by atoms with E-state index in [4.69, 9.17) is 4.42 Å². The Morgan fingerprint density at radius 1 is 1.14 bits per heavy atom. The molecule has 5 nitrogen and oxygen atoms in total. The van der Waals surface area contributed by atoms with Crippen LogP contribution in [0.3, 0.4) is 0 Å². The first-order valence-corrected chi connectivity index (χ1v) is 6.71. The van der Waals surface area contributed by atoms with Crippen molar-refractivity contribution in [1.29, 1.82) is 0 Å². The Hall–Kier alpha value is -2.73. The van der Waals surface area contributed by atoms with Crippen LogP contribution < -0.4 is 5.76 Å². The first kappa shape index (κ1) is 14.2. The van der Waals surface area contributed by atoms with Gasteiger partial charge in [-0.1, -0.05) is 36.4 Å². The van der Waals surface area contributed by atoms with Crippen molar-refractivity contribution in [2.24, 2.45) is 0 Å². The molecule has 3 rings (SSSR count). The summed E-state index contributed by atoms with van der Waals surface area (Å²) in [6.45, 7) is -0.184. The predicted molar refractivity (Wildman–Crippen MR) is 77.6 cm³/mol. The third-order valence-corrected chi connectivity index (χ3v) is 3.24. The molecule has 22 heavy (non-hydrogen) atoms. The fourth-order valence-electron chi connectivity index (χ4n) is 2.13. The first-order valence-electron chi connectivity index (χ1n) is 6.71. The molecule has 1 atom stereocenters. The average molecular weight is 300 g/mol. The number of aliphatic hydroxyl groups excluding tert-OH is 1. The summed E-state index contributed by atoms with van der Waals surface area (Å²) >= 11 is 0. The van der Waals surface area contributed by atoms with Gasteiger partial charge in [-0.3, -0.25) is 0 Å². The van der Waals surface area contributed by atoms with E-state index in [1.54, 1.807) is 30.3 Å². The van der Waals surface area contributed by atoms with Gasteiger partial charge in [-0.05, 0) is 18.2 Å². The molecule has 0 aliphatic carbocycles. The van der Waals surface area contributed by atoms with Crippen LogP contribution >= 0.6 is 0 Å². The SMILES string of the molecule is O=c1oc(-c2ccccc2)nn1CC(O)c1ccccc1F. The lowest BCUT2D eigenvalue weighted by Gasteiger charge is -2.10. The van der Waals surface area contributed by atoms with E-state index in [1.807, 2.05) is 6.07 Å². The highest BCUT2D eigenvalue weighted by molar-refractivity contribution is 5.51. The van der Waals surface area contributed by atoms with Crippen molar-refractivity contribution in [2.75, 3.05) is 0 Å². The number of rotatable bonds is 4. The fraction of sp³-hybridized carbons (Fsp3) is 0.125. The molecule has 2 aromatic carbocycles. The molecule has 0 aliphatic heterocycles. The third kappa shape index (κ3) is 2.82. The largest absolute Gasteiger partial charge is 0.437 e. The normalized spacial score (nSPS) is 12.3. The summed E-state index contributed by atoms with van der Waals surface area (Å²) < 4.78 is 19.7. The molecule has 0 aliphatic rings. The zero-order valence-corrected chi connectivity index (χ0v) is 11.5. The zero-order valence-electron chi connectivity index (χ0n) is 11.5. The molecule has 0 amide bonds. The van der Waals surface area contributed by atoms with Gasteiger partial charge in [-0.2, -0.15) is 4.68 Å². The molecule has 1 N–H and O–H groups in total. The van der Waals surface area contributed by atoms with Gasteiger partial charge in [-0.15, -0.1) is 5.10 Å². The minimum absolute atomic E-state index is 0.110. The van der Waals surface area contributed by atoms with Crippen LogP contribution in [-0.2, 0) is 6.54 Å². The fourth-order valence-corrected chi connectivity index (χ4v) is 2.13.